The fourth-order valence-electron chi connectivity index (χ4n) is 6.20. The molecule has 1 amide bonds. The number of aromatic amines is 1. The molecule has 1 unspecified atom stereocenters. The molecule has 2 atom stereocenters. The summed E-state index contributed by atoms with van der Waals surface area (Å²) in [6.45, 7) is 9.89. The van der Waals surface area contributed by atoms with Crippen LogP contribution < -0.4 is 0 Å². The van der Waals surface area contributed by atoms with E-state index in [-0.39, 0.29) is 22.8 Å². The molecule has 6 rings (SSSR count). The van der Waals surface area contributed by atoms with Gasteiger partial charge in [0, 0.05) is 30.6 Å². The number of nitrogens with zero attached hydrogens (tertiary/aromatic N) is 4. The highest BCUT2D eigenvalue weighted by Crippen LogP contribution is 2.56. The van der Waals surface area contributed by atoms with Gasteiger partial charge in [-0.15, -0.1) is 0 Å². The molecule has 1 fully saturated rings. The highest BCUT2D eigenvalue weighted by Gasteiger charge is 2.57. The molecule has 2 aromatic heterocycles. The van der Waals surface area contributed by atoms with E-state index in [4.69, 9.17) is 4.98 Å². The number of amides is 1. The number of aromatic nitrogens is 4. The van der Waals surface area contributed by atoms with Crippen molar-refractivity contribution in [2.45, 2.75) is 52.0 Å². The molecule has 1 N–H and O–H groups in total. The van der Waals surface area contributed by atoms with Gasteiger partial charge in [0.2, 0.25) is 0 Å². The maximum Gasteiger partial charge on any atom is 0.254 e. The Balaban J connectivity index is 1.46. The summed E-state index contributed by atoms with van der Waals surface area (Å²) in [6, 6.07) is 10.5. The van der Waals surface area contributed by atoms with Crippen LogP contribution in [0.15, 0.2) is 36.7 Å². The van der Waals surface area contributed by atoms with Gasteiger partial charge in [-0.1, -0.05) is 20.8 Å². The number of benzene rings is 2. The highest BCUT2D eigenvalue weighted by molar-refractivity contribution is 5.97. The van der Waals surface area contributed by atoms with Crippen molar-refractivity contribution in [1.29, 1.82) is 0 Å². The summed E-state index contributed by atoms with van der Waals surface area (Å²) in [4.78, 5) is 28.1. The van der Waals surface area contributed by atoms with Gasteiger partial charge < -0.3 is 14.5 Å². The van der Waals surface area contributed by atoms with E-state index in [1.165, 1.54) is 16.6 Å². The van der Waals surface area contributed by atoms with Crippen LogP contribution in [-0.2, 0) is 18.9 Å². The summed E-state index contributed by atoms with van der Waals surface area (Å²) < 4.78 is 2.16. The summed E-state index contributed by atoms with van der Waals surface area (Å²) in [6.07, 6.45) is 3.49. The monoisotopic (exact) mass is 427 g/mol. The molecule has 0 saturated carbocycles. The molecule has 1 saturated heterocycles. The largest absolute Gasteiger partial charge is 0.345 e. The average molecular weight is 428 g/mol. The molecule has 1 aliphatic carbocycles. The molecular weight excluding hydrogens is 398 g/mol. The smallest absolute Gasteiger partial charge is 0.254 e. The van der Waals surface area contributed by atoms with Crippen LogP contribution in [0.2, 0.25) is 0 Å². The van der Waals surface area contributed by atoms with Crippen molar-refractivity contribution in [2.75, 3.05) is 6.54 Å². The quantitative estimate of drug-likeness (QED) is 0.486. The van der Waals surface area contributed by atoms with E-state index >= 15 is 0 Å². The van der Waals surface area contributed by atoms with Crippen molar-refractivity contribution in [3.63, 3.8) is 0 Å². The standard InChI is InChI=1S/C26H29N5O/c1-15-29-21-13-18-17(11-22(21)30(15)5)12-23-25(2,3)26(18,4)8-9-31(23)24(32)16-6-7-19-20(10-16)28-14-27-19/h6-7,10-11,13-14,23H,8-9,12H2,1-5H3,(H,27,28)/t23?,26-/m0/s1. The Hall–Kier alpha value is -3.15. The molecule has 1 aliphatic heterocycles. The van der Waals surface area contributed by atoms with E-state index in [0.717, 1.165) is 47.3 Å². The van der Waals surface area contributed by atoms with Crippen LogP contribution in [-0.4, -0.2) is 42.9 Å². The SMILES string of the molecule is Cc1nc2cc3c(cc2n1C)CC1N(C(=O)c2ccc4nc[nH]c4c2)CC[C@]3(C)C1(C)C. The Morgan fingerprint density at radius 1 is 1.16 bits per heavy atom. The second-order valence-electron chi connectivity index (χ2n) is 10.4. The number of carbonyl (C=O) groups is 1. The minimum absolute atomic E-state index is 0.00498. The zero-order valence-corrected chi connectivity index (χ0v) is 19.4. The summed E-state index contributed by atoms with van der Waals surface area (Å²) in [5.74, 6) is 1.14. The average Bonchev–Trinajstić information content (AvgIpc) is 3.33. The Kier molecular flexibility index (Phi) is 3.79. The molecule has 32 heavy (non-hydrogen) atoms. The van der Waals surface area contributed by atoms with E-state index < -0.39 is 0 Å². The first-order valence-corrected chi connectivity index (χ1v) is 11.4. The molecule has 6 heteroatoms. The number of rotatable bonds is 1. The van der Waals surface area contributed by atoms with E-state index in [9.17, 15) is 4.79 Å². The van der Waals surface area contributed by atoms with Crippen molar-refractivity contribution in [2.24, 2.45) is 12.5 Å². The fraction of sp³-hybridized carbons (Fsp3) is 0.423. The Bertz CT molecular complexity index is 1410. The molecule has 0 radical (unpaired) electrons. The predicted molar refractivity (Wildman–Crippen MR) is 126 cm³/mol. The first kappa shape index (κ1) is 19.5. The second kappa shape index (κ2) is 6.21. The van der Waals surface area contributed by atoms with Crippen LogP contribution in [0.5, 0.6) is 0 Å². The summed E-state index contributed by atoms with van der Waals surface area (Å²) >= 11 is 0. The lowest BCUT2D eigenvalue weighted by Gasteiger charge is -2.60. The number of aryl methyl sites for hydroxylation is 2. The van der Waals surface area contributed by atoms with Crippen LogP contribution in [0.25, 0.3) is 22.1 Å². The van der Waals surface area contributed by atoms with Crippen molar-refractivity contribution < 1.29 is 4.79 Å². The minimum Gasteiger partial charge on any atom is -0.345 e. The van der Waals surface area contributed by atoms with Gasteiger partial charge in [-0.25, -0.2) is 9.97 Å². The molecule has 4 aromatic rings. The van der Waals surface area contributed by atoms with Gasteiger partial charge in [0.05, 0.1) is 28.4 Å². The van der Waals surface area contributed by atoms with Gasteiger partial charge in [0.1, 0.15) is 5.82 Å². The maximum atomic E-state index is 13.7. The number of hydrogen-bond acceptors (Lipinski definition) is 3. The highest BCUT2D eigenvalue weighted by atomic mass is 16.2. The van der Waals surface area contributed by atoms with Crippen LogP contribution >= 0.6 is 0 Å². The van der Waals surface area contributed by atoms with Gasteiger partial charge in [-0.3, -0.25) is 4.79 Å². The zero-order chi connectivity index (χ0) is 22.4. The van der Waals surface area contributed by atoms with E-state index in [2.05, 4.69) is 66.3 Å². The van der Waals surface area contributed by atoms with Gasteiger partial charge in [0.15, 0.2) is 0 Å². The van der Waals surface area contributed by atoms with Gasteiger partial charge in [-0.05, 0) is 66.6 Å². The molecule has 0 spiro atoms. The van der Waals surface area contributed by atoms with Gasteiger partial charge in [0.25, 0.3) is 5.91 Å². The lowest BCUT2D eigenvalue weighted by atomic mass is 9.51. The maximum absolute atomic E-state index is 13.7. The first-order valence-electron chi connectivity index (χ1n) is 11.4. The third kappa shape index (κ3) is 2.38. The summed E-state index contributed by atoms with van der Waals surface area (Å²) in [7, 11) is 2.08. The van der Waals surface area contributed by atoms with E-state index in [1.807, 2.05) is 18.2 Å². The molecule has 2 bridgehead atoms. The lowest BCUT2D eigenvalue weighted by Crippen LogP contribution is -2.64. The van der Waals surface area contributed by atoms with Crippen LogP contribution in [0.3, 0.4) is 0 Å². The van der Waals surface area contributed by atoms with Crippen molar-refractivity contribution in [1.82, 2.24) is 24.4 Å². The topological polar surface area (TPSA) is 66.8 Å². The number of nitrogens with one attached hydrogen (secondary N) is 1. The number of hydrogen-bond donors (Lipinski definition) is 1. The molecule has 164 valence electrons. The number of carbonyl (C=O) groups excluding carboxylic acids is 1. The minimum atomic E-state index is -0.0521. The third-order valence-corrected chi connectivity index (χ3v) is 8.75. The van der Waals surface area contributed by atoms with E-state index in [1.54, 1.807) is 6.33 Å². The van der Waals surface area contributed by atoms with Crippen molar-refractivity contribution in [3.8, 4) is 0 Å². The number of imidazole rings is 2. The summed E-state index contributed by atoms with van der Waals surface area (Å²) in [5, 5.41) is 0. The molecule has 2 aliphatic rings. The van der Waals surface area contributed by atoms with E-state index in [0.29, 0.717) is 0 Å². The van der Waals surface area contributed by atoms with Crippen LogP contribution in [0, 0.1) is 12.3 Å². The lowest BCUT2D eigenvalue weighted by molar-refractivity contribution is -0.0261. The number of H-pyrrole nitrogens is 1. The summed E-state index contributed by atoms with van der Waals surface area (Å²) in [5.41, 5.74) is 7.47. The predicted octanol–water partition coefficient (Wildman–Crippen LogP) is 4.51. The first-order chi connectivity index (χ1) is 15.2. The molecule has 2 aromatic carbocycles. The number of piperidine rings is 1. The second-order valence-corrected chi connectivity index (χ2v) is 10.4. The Morgan fingerprint density at radius 3 is 2.78 bits per heavy atom. The zero-order valence-electron chi connectivity index (χ0n) is 19.4. The van der Waals surface area contributed by atoms with Crippen molar-refractivity contribution in [3.05, 3.63) is 59.2 Å². The van der Waals surface area contributed by atoms with Gasteiger partial charge in [-0.2, -0.15) is 0 Å². The van der Waals surface area contributed by atoms with Crippen LogP contribution in [0.4, 0.5) is 0 Å². The van der Waals surface area contributed by atoms with Crippen molar-refractivity contribution >= 4 is 28.0 Å². The molecule has 6 nitrogen and oxygen atoms in total. The molecule has 3 heterocycles. The fourth-order valence-corrected chi connectivity index (χ4v) is 6.20. The Morgan fingerprint density at radius 2 is 1.97 bits per heavy atom. The number of likely N-dealkylation sites (tertiary alicyclic amines) is 1. The normalized spacial score (nSPS) is 24.2. The van der Waals surface area contributed by atoms with Gasteiger partial charge >= 0.3 is 0 Å². The Labute approximate surface area is 187 Å². The third-order valence-electron chi connectivity index (χ3n) is 8.75. The van der Waals surface area contributed by atoms with Crippen LogP contribution in [0.1, 0.15) is 54.5 Å². The number of fused-ring (bicyclic) bond motifs is 6. The molecular formula is C26H29N5O.